The molecular weight excluding hydrogens is 248 g/mol. The summed E-state index contributed by atoms with van der Waals surface area (Å²) in [5.41, 5.74) is 3.08. The van der Waals surface area contributed by atoms with Gasteiger partial charge < -0.3 is 15.2 Å². The third-order valence-corrected chi connectivity index (χ3v) is 5.26. The molecule has 112 valence electrons. The van der Waals surface area contributed by atoms with Gasteiger partial charge in [-0.2, -0.15) is 0 Å². The molecule has 2 aliphatic rings. The van der Waals surface area contributed by atoms with Crippen molar-refractivity contribution in [3.63, 3.8) is 0 Å². The van der Waals surface area contributed by atoms with Gasteiger partial charge in [-0.25, -0.2) is 4.98 Å². The molecule has 0 spiro atoms. The molecule has 20 heavy (non-hydrogen) atoms. The average molecular weight is 276 g/mol. The van der Waals surface area contributed by atoms with Crippen LogP contribution in [0.25, 0.3) is 0 Å². The monoisotopic (exact) mass is 276 g/mol. The van der Waals surface area contributed by atoms with Crippen molar-refractivity contribution in [3.05, 3.63) is 17.7 Å². The quantitative estimate of drug-likeness (QED) is 0.890. The number of H-pyrrole nitrogens is 1. The summed E-state index contributed by atoms with van der Waals surface area (Å²) in [7, 11) is 2.30. The van der Waals surface area contributed by atoms with Gasteiger partial charge in [-0.05, 0) is 38.1 Å². The maximum Gasteiger partial charge on any atom is 0.0925 e. The molecule has 3 rings (SSSR count). The number of nitrogens with zero attached hydrogens (tertiary/aromatic N) is 2. The second-order valence-electron chi connectivity index (χ2n) is 7.44. The van der Waals surface area contributed by atoms with Gasteiger partial charge in [-0.3, -0.25) is 0 Å². The SMILES string of the molecule is CN(CC1Cc2nc[nH]c2CN1)C1CCC(C)(C)CC1. The standard InChI is InChI=1S/C16H28N4/c1-16(2)6-4-13(5-7-16)20(3)10-12-8-14-15(9-17-12)19-11-18-14/h11-13,17H,4-10H2,1-3H3,(H,18,19). The number of aromatic nitrogens is 2. The van der Waals surface area contributed by atoms with Crippen molar-refractivity contribution >= 4 is 0 Å². The summed E-state index contributed by atoms with van der Waals surface area (Å²) < 4.78 is 0. The first-order chi connectivity index (χ1) is 9.53. The average Bonchev–Trinajstić information content (AvgIpc) is 2.86. The van der Waals surface area contributed by atoms with Crippen LogP contribution in [0.4, 0.5) is 0 Å². The third kappa shape index (κ3) is 3.07. The fourth-order valence-corrected chi connectivity index (χ4v) is 3.68. The molecule has 2 heterocycles. The Morgan fingerprint density at radius 3 is 2.85 bits per heavy atom. The van der Waals surface area contributed by atoms with Gasteiger partial charge in [0.1, 0.15) is 0 Å². The van der Waals surface area contributed by atoms with E-state index in [9.17, 15) is 0 Å². The lowest BCUT2D eigenvalue weighted by Crippen LogP contribution is -2.47. The van der Waals surface area contributed by atoms with E-state index in [1.807, 2.05) is 6.33 Å². The minimum atomic E-state index is 0.547. The van der Waals surface area contributed by atoms with Crippen molar-refractivity contribution in [3.8, 4) is 0 Å². The fraction of sp³-hybridized carbons (Fsp3) is 0.812. The molecule has 0 amide bonds. The van der Waals surface area contributed by atoms with Crippen LogP contribution in [-0.2, 0) is 13.0 Å². The van der Waals surface area contributed by atoms with E-state index in [0.717, 1.165) is 25.6 Å². The molecule has 0 bridgehead atoms. The van der Waals surface area contributed by atoms with Crippen LogP contribution in [-0.4, -0.2) is 40.5 Å². The fourth-order valence-electron chi connectivity index (χ4n) is 3.68. The summed E-state index contributed by atoms with van der Waals surface area (Å²) in [6, 6.07) is 1.32. The van der Waals surface area contributed by atoms with E-state index >= 15 is 0 Å². The van der Waals surface area contributed by atoms with E-state index in [-0.39, 0.29) is 0 Å². The Morgan fingerprint density at radius 2 is 2.10 bits per heavy atom. The zero-order valence-corrected chi connectivity index (χ0v) is 13.1. The Morgan fingerprint density at radius 1 is 1.35 bits per heavy atom. The first kappa shape index (κ1) is 14.1. The number of fused-ring (bicyclic) bond motifs is 1. The first-order valence-corrected chi connectivity index (χ1v) is 7.98. The van der Waals surface area contributed by atoms with Crippen LogP contribution < -0.4 is 5.32 Å². The number of imidazole rings is 1. The van der Waals surface area contributed by atoms with Crippen LogP contribution in [0.15, 0.2) is 6.33 Å². The molecule has 1 aliphatic heterocycles. The highest BCUT2D eigenvalue weighted by Crippen LogP contribution is 2.36. The molecule has 1 saturated carbocycles. The van der Waals surface area contributed by atoms with Crippen molar-refractivity contribution in [1.29, 1.82) is 0 Å². The largest absolute Gasteiger partial charge is 0.347 e. The Balaban J connectivity index is 1.51. The van der Waals surface area contributed by atoms with Gasteiger partial charge in [0.25, 0.3) is 0 Å². The van der Waals surface area contributed by atoms with Crippen molar-refractivity contribution in [2.24, 2.45) is 5.41 Å². The van der Waals surface area contributed by atoms with E-state index in [2.05, 4.69) is 41.1 Å². The van der Waals surface area contributed by atoms with Crippen LogP contribution in [0.3, 0.4) is 0 Å². The van der Waals surface area contributed by atoms with Crippen LogP contribution in [0.5, 0.6) is 0 Å². The second-order valence-corrected chi connectivity index (χ2v) is 7.44. The minimum absolute atomic E-state index is 0.547. The van der Waals surface area contributed by atoms with Crippen LogP contribution in [0, 0.1) is 5.41 Å². The van der Waals surface area contributed by atoms with Crippen molar-refractivity contribution in [2.45, 2.75) is 64.6 Å². The number of nitrogens with one attached hydrogen (secondary N) is 2. The summed E-state index contributed by atoms with van der Waals surface area (Å²) in [6.45, 7) is 6.89. The number of likely N-dealkylation sites (N-methyl/N-ethyl adjacent to an activating group) is 1. The molecule has 1 atom stereocenters. The predicted octanol–water partition coefficient (Wildman–Crippen LogP) is 2.32. The summed E-state index contributed by atoms with van der Waals surface area (Å²) in [4.78, 5) is 10.2. The molecule has 0 aromatic carbocycles. The van der Waals surface area contributed by atoms with Crippen molar-refractivity contribution in [1.82, 2.24) is 20.2 Å². The lowest BCUT2D eigenvalue weighted by molar-refractivity contribution is 0.118. The molecule has 1 fully saturated rings. The molecule has 0 saturated heterocycles. The Labute approximate surface area is 122 Å². The summed E-state index contributed by atoms with van der Waals surface area (Å²) in [5.74, 6) is 0. The highest BCUT2D eigenvalue weighted by molar-refractivity contribution is 5.16. The Hall–Kier alpha value is -0.870. The van der Waals surface area contributed by atoms with Crippen LogP contribution in [0.2, 0.25) is 0 Å². The van der Waals surface area contributed by atoms with Gasteiger partial charge >= 0.3 is 0 Å². The lowest BCUT2D eigenvalue weighted by Gasteiger charge is -2.40. The molecular formula is C16H28N4. The third-order valence-electron chi connectivity index (χ3n) is 5.26. The van der Waals surface area contributed by atoms with Gasteiger partial charge in [-0.1, -0.05) is 13.8 Å². The molecule has 1 aromatic heterocycles. The smallest absolute Gasteiger partial charge is 0.0925 e. The van der Waals surface area contributed by atoms with Gasteiger partial charge in [0, 0.05) is 31.6 Å². The molecule has 2 N–H and O–H groups in total. The van der Waals surface area contributed by atoms with Gasteiger partial charge in [-0.15, -0.1) is 0 Å². The molecule has 1 aromatic rings. The molecule has 1 unspecified atom stereocenters. The molecule has 4 heteroatoms. The highest BCUT2D eigenvalue weighted by Gasteiger charge is 2.30. The zero-order chi connectivity index (χ0) is 14.2. The van der Waals surface area contributed by atoms with Gasteiger partial charge in [0.15, 0.2) is 0 Å². The highest BCUT2D eigenvalue weighted by atomic mass is 15.2. The minimum Gasteiger partial charge on any atom is -0.347 e. The lowest BCUT2D eigenvalue weighted by atomic mass is 9.75. The normalized spacial score (nSPS) is 26.7. The number of rotatable bonds is 3. The predicted molar refractivity (Wildman–Crippen MR) is 81.6 cm³/mol. The maximum atomic E-state index is 4.43. The summed E-state index contributed by atoms with van der Waals surface area (Å²) in [6.07, 6.45) is 8.31. The first-order valence-electron chi connectivity index (χ1n) is 7.98. The maximum absolute atomic E-state index is 4.43. The second kappa shape index (κ2) is 5.49. The van der Waals surface area contributed by atoms with Crippen LogP contribution in [0.1, 0.15) is 50.9 Å². The van der Waals surface area contributed by atoms with Gasteiger partial charge in [0.05, 0.1) is 17.7 Å². The molecule has 1 aliphatic carbocycles. The number of aromatic amines is 1. The van der Waals surface area contributed by atoms with E-state index in [1.165, 1.54) is 37.1 Å². The summed E-state index contributed by atoms with van der Waals surface area (Å²) >= 11 is 0. The Bertz CT molecular complexity index is 441. The van der Waals surface area contributed by atoms with Crippen LogP contribution >= 0.6 is 0 Å². The number of hydrogen-bond acceptors (Lipinski definition) is 3. The summed E-state index contributed by atoms with van der Waals surface area (Å²) in [5, 5.41) is 3.63. The van der Waals surface area contributed by atoms with Gasteiger partial charge in [0.2, 0.25) is 0 Å². The van der Waals surface area contributed by atoms with Crippen molar-refractivity contribution < 1.29 is 0 Å². The zero-order valence-electron chi connectivity index (χ0n) is 13.1. The van der Waals surface area contributed by atoms with E-state index < -0.39 is 0 Å². The topological polar surface area (TPSA) is 44.0 Å². The Kier molecular flexibility index (Phi) is 3.87. The molecule has 0 radical (unpaired) electrons. The van der Waals surface area contributed by atoms with E-state index in [1.54, 1.807) is 0 Å². The van der Waals surface area contributed by atoms with E-state index in [0.29, 0.717) is 11.5 Å². The van der Waals surface area contributed by atoms with E-state index in [4.69, 9.17) is 0 Å². The number of hydrogen-bond donors (Lipinski definition) is 2. The molecule has 4 nitrogen and oxygen atoms in total. The van der Waals surface area contributed by atoms with Crippen molar-refractivity contribution in [2.75, 3.05) is 13.6 Å².